The normalized spacial score (nSPS) is 22.1. The van der Waals surface area contributed by atoms with E-state index in [1.165, 1.54) is 11.4 Å². The van der Waals surface area contributed by atoms with Crippen molar-refractivity contribution in [2.24, 2.45) is 0 Å². The Morgan fingerprint density at radius 1 is 1.10 bits per heavy atom. The summed E-state index contributed by atoms with van der Waals surface area (Å²) in [7, 11) is 4.16. The van der Waals surface area contributed by atoms with Crippen molar-refractivity contribution in [3.63, 3.8) is 0 Å². The first-order valence-corrected chi connectivity index (χ1v) is 7.49. The highest BCUT2D eigenvalue weighted by Gasteiger charge is 2.40. The number of rotatable bonds is 3. The Morgan fingerprint density at radius 3 is 2.40 bits per heavy atom. The van der Waals surface area contributed by atoms with Crippen molar-refractivity contribution in [3.05, 3.63) is 24.3 Å². The Hall–Kier alpha value is -1.26. The van der Waals surface area contributed by atoms with E-state index < -0.39 is 0 Å². The van der Waals surface area contributed by atoms with Crippen molar-refractivity contribution in [1.82, 2.24) is 0 Å². The summed E-state index contributed by atoms with van der Waals surface area (Å²) in [4.78, 5) is 2.15. The van der Waals surface area contributed by atoms with Crippen LogP contribution in [0.4, 0.5) is 11.4 Å². The highest BCUT2D eigenvalue weighted by molar-refractivity contribution is 5.69. The zero-order chi connectivity index (χ0) is 14.0. The zero-order valence-electron chi connectivity index (χ0n) is 12.4. The molecule has 1 aliphatic carbocycles. The van der Waals surface area contributed by atoms with E-state index in [1.54, 1.807) is 0 Å². The van der Waals surface area contributed by atoms with Crippen LogP contribution in [0.1, 0.15) is 25.7 Å². The van der Waals surface area contributed by atoms with Crippen LogP contribution >= 0.6 is 0 Å². The summed E-state index contributed by atoms with van der Waals surface area (Å²) in [5.74, 6) is -0.265. The van der Waals surface area contributed by atoms with E-state index in [9.17, 15) is 0 Å². The van der Waals surface area contributed by atoms with Gasteiger partial charge in [-0.2, -0.15) is 0 Å². The van der Waals surface area contributed by atoms with Crippen LogP contribution in [0.3, 0.4) is 0 Å². The molecule has 0 bridgehead atoms. The van der Waals surface area contributed by atoms with Gasteiger partial charge < -0.3 is 19.7 Å². The molecule has 1 saturated heterocycles. The molecule has 1 aromatic rings. The summed E-state index contributed by atoms with van der Waals surface area (Å²) in [6.07, 6.45) is 4.19. The molecule has 4 heteroatoms. The molecule has 0 unspecified atom stereocenters. The monoisotopic (exact) mass is 276 g/mol. The van der Waals surface area contributed by atoms with E-state index in [-0.39, 0.29) is 5.79 Å². The molecule has 3 rings (SSSR count). The van der Waals surface area contributed by atoms with Crippen molar-refractivity contribution in [1.29, 1.82) is 0 Å². The van der Waals surface area contributed by atoms with Crippen LogP contribution in [0, 0.1) is 0 Å². The Labute approximate surface area is 121 Å². The fourth-order valence-electron chi connectivity index (χ4n) is 3.19. The standard InChI is InChI=1S/C16H24N2O2/c1-18(2)15-6-4-3-5-14(15)17-13-7-9-16(10-8-13)19-11-12-20-16/h3-6,13,17H,7-12H2,1-2H3. The summed E-state index contributed by atoms with van der Waals surface area (Å²) in [6, 6.07) is 8.98. The summed E-state index contributed by atoms with van der Waals surface area (Å²) in [6.45, 7) is 1.50. The maximum absolute atomic E-state index is 5.78. The third-order valence-electron chi connectivity index (χ3n) is 4.31. The molecule has 1 heterocycles. The quantitative estimate of drug-likeness (QED) is 0.920. The molecule has 1 saturated carbocycles. The number of benzene rings is 1. The molecule has 0 amide bonds. The van der Waals surface area contributed by atoms with Gasteiger partial charge in [0.15, 0.2) is 5.79 Å². The Kier molecular flexibility index (Phi) is 3.85. The summed E-state index contributed by atoms with van der Waals surface area (Å²) < 4.78 is 11.6. The molecular weight excluding hydrogens is 252 g/mol. The molecule has 2 aliphatic rings. The van der Waals surface area contributed by atoms with Crippen LogP contribution in [0.2, 0.25) is 0 Å². The number of anilines is 2. The minimum Gasteiger partial charge on any atom is -0.381 e. The lowest BCUT2D eigenvalue weighted by Crippen LogP contribution is -2.39. The number of nitrogens with zero attached hydrogens (tertiary/aromatic N) is 1. The largest absolute Gasteiger partial charge is 0.381 e. The highest BCUT2D eigenvalue weighted by Crippen LogP contribution is 2.37. The molecule has 1 spiro atoms. The van der Waals surface area contributed by atoms with E-state index >= 15 is 0 Å². The molecule has 1 N–H and O–H groups in total. The molecule has 1 aromatic carbocycles. The summed E-state index contributed by atoms with van der Waals surface area (Å²) in [5.41, 5.74) is 2.45. The molecule has 20 heavy (non-hydrogen) atoms. The van der Waals surface area contributed by atoms with Gasteiger partial charge in [-0.1, -0.05) is 12.1 Å². The van der Waals surface area contributed by atoms with Crippen LogP contribution in [0.15, 0.2) is 24.3 Å². The summed E-state index contributed by atoms with van der Waals surface area (Å²) >= 11 is 0. The lowest BCUT2D eigenvalue weighted by Gasteiger charge is -2.36. The van der Waals surface area contributed by atoms with Crippen molar-refractivity contribution >= 4 is 11.4 Å². The van der Waals surface area contributed by atoms with Crippen molar-refractivity contribution in [3.8, 4) is 0 Å². The van der Waals surface area contributed by atoms with Gasteiger partial charge in [0.1, 0.15) is 0 Å². The highest BCUT2D eigenvalue weighted by atomic mass is 16.7. The van der Waals surface area contributed by atoms with Crippen molar-refractivity contribution in [2.75, 3.05) is 37.5 Å². The van der Waals surface area contributed by atoms with Crippen LogP contribution in [0.5, 0.6) is 0 Å². The lowest BCUT2D eigenvalue weighted by molar-refractivity contribution is -0.177. The molecule has 0 atom stereocenters. The number of para-hydroxylation sites is 2. The molecular formula is C16H24N2O2. The van der Waals surface area contributed by atoms with Gasteiger partial charge in [0.25, 0.3) is 0 Å². The third-order valence-corrected chi connectivity index (χ3v) is 4.31. The molecule has 0 aromatic heterocycles. The molecule has 0 radical (unpaired) electrons. The molecule has 1 aliphatic heterocycles. The number of hydrogen-bond acceptors (Lipinski definition) is 4. The fourth-order valence-corrected chi connectivity index (χ4v) is 3.19. The lowest BCUT2D eigenvalue weighted by atomic mass is 9.90. The van der Waals surface area contributed by atoms with E-state index in [4.69, 9.17) is 9.47 Å². The van der Waals surface area contributed by atoms with Gasteiger partial charge in [-0.15, -0.1) is 0 Å². The first kappa shape index (κ1) is 13.7. The summed E-state index contributed by atoms with van der Waals surface area (Å²) in [5, 5.41) is 3.68. The first-order chi connectivity index (χ1) is 9.69. The van der Waals surface area contributed by atoms with E-state index in [0.717, 1.165) is 38.9 Å². The Morgan fingerprint density at radius 2 is 1.75 bits per heavy atom. The second-order valence-electron chi connectivity index (χ2n) is 5.94. The zero-order valence-corrected chi connectivity index (χ0v) is 12.4. The molecule has 4 nitrogen and oxygen atoms in total. The van der Waals surface area contributed by atoms with E-state index in [1.807, 2.05) is 0 Å². The van der Waals surface area contributed by atoms with Gasteiger partial charge >= 0.3 is 0 Å². The molecule has 2 fully saturated rings. The second kappa shape index (κ2) is 5.62. The van der Waals surface area contributed by atoms with Gasteiger partial charge in [0.05, 0.1) is 24.6 Å². The smallest absolute Gasteiger partial charge is 0.168 e. The maximum Gasteiger partial charge on any atom is 0.168 e. The Bertz CT molecular complexity index is 446. The second-order valence-corrected chi connectivity index (χ2v) is 5.94. The first-order valence-electron chi connectivity index (χ1n) is 7.49. The van der Waals surface area contributed by atoms with Gasteiger partial charge in [-0.3, -0.25) is 0 Å². The average molecular weight is 276 g/mol. The predicted molar refractivity (Wildman–Crippen MR) is 81.3 cm³/mol. The average Bonchev–Trinajstić information content (AvgIpc) is 2.90. The van der Waals surface area contributed by atoms with E-state index in [2.05, 4.69) is 48.6 Å². The number of nitrogens with one attached hydrogen (secondary N) is 1. The third kappa shape index (κ3) is 2.76. The minimum absolute atomic E-state index is 0.265. The van der Waals surface area contributed by atoms with Gasteiger partial charge in [0, 0.05) is 33.0 Å². The van der Waals surface area contributed by atoms with Crippen LogP contribution in [0.25, 0.3) is 0 Å². The SMILES string of the molecule is CN(C)c1ccccc1NC1CCC2(CC1)OCCO2. The number of hydrogen-bond donors (Lipinski definition) is 1. The predicted octanol–water partition coefficient (Wildman–Crippen LogP) is 2.85. The van der Waals surface area contributed by atoms with Gasteiger partial charge in [-0.05, 0) is 25.0 Å². The van der Waals surface area contributed by atoms with Gasteiger partial charge in [0.2, 0.25) is 0 Å². The van der Waals surface area contributed by atoms with Crippen molar-refractivity contribution in [2.45, 2.75) is 37.5 Å². The topological polar surface area (TPSA) is 33.7 Å². The van der Waals surface area contributed by atoms with Crippen LogP contribution in [-0.2, 0) is 9.47 Å². The van der Waals surface area contributed by atoms with E-state index in [0.29, 0.717) is 6.04 Å². The Balaban J connectivity index is 1.62. The fraction of sp³-hybridized carbons (Fsp3) is 0.625. The number of ether oxygens (including phenoxy) is 2. The molecule has 110 valence electrons. The minimum atomic E-state index is -0.265. The van der Waals surface area contributed by atoms with Crippen LogP contribution < -0.4 is 10.2 Å². The van der Waals surface area contributed by atoms with Crippen LogP contribution in [-0.4, -0.2) is 39.1 Å². The van der Waals surface area contributed by atoms with Gasteiger partial charge in [-0.25, -0.2) is 0 Å². The van der Waals surface area contributed by atoms with Crippen molar-refractivity contribution < 1.29 is 9.47 Å². The maximum atomic E-state index is 5.78.